The van der Waals surface area contributed by atoms with Crippen molar-refractivity contribution >= 4 is 17.3 Å². The van der Waals surface area contributed by atoms with Gasteiger partial charge < -0.3 is 15.0 Å². The maximum atomic E-state index is 5.85. The van der Waals surface area contributed by atoms with Crippen LogP contribution in [0.4, 0.5) is 5.69 Å². The summed E-state index contributed by atoms with van der Waals surface area (Å²) in [6.07, 6.45) is 0.647. The molecule has 0 aliphatic carbocycles. The zero-order valence-electron chi connectivity index (χ0n) is 10.2. The van der Waals surface area contributed by atoms with E-state index in [2.05, 4.69) is 10.1 Å². The van der Waals surface area contributed by atoms with Gasteiger partial charge in [0.05, 0.1) is 16.8 Å². The standard InChI is InChI=1S/C12H14ClN3O2/c1-7(17-2)5-11-15-12(18-16-11)8-3-4-9(13)10(14)6-8/h3-4,6-7H,5,14H2,1-2H3. The molecule has 0 aliphatic rings. The Morgan fingerprint density at radius 3 is 2.94 bits per heavy atom. The van der Waals surface area contributed by atoms with Crippen LogP contribution in [0.3, 0.4) is 0 Å². The summed E-state index contributed by atoms with van der Waals surface area (Å²) in [6, 6.07) is 5.20. The fourth-order valence-corrected chi connectivity index (χ4v) is 1.59. The number of ether oxygens (including phenoxy) is 1. The number of hydrogen-bond donors (Lipinski definition) is 1. The number of halogens is 1. The van der Waals surface area contributed by atoms with Crippen molar-refractivity contribution in [3.63, 3.8) is 0 Å². The Morgan fingerprint density at radius 1 is 1.50 bits per heavy atom. The summed E-state index contributed by atoms with van der Waals surface area (Å²) < 4.78 is 10.3. The van der Waals surface area contributed by atoms with Crippen molar-refractivity contribution in [1.29, 1.82) is 0 Å². The fourth-order valence-electron chi connectivity index (χ4n) is 1.47. The van der Waals surface area contributed by atoms with E-state index in [4.69, 9.17) is 26.6 Å². The molecule has 1 atom stereocenters. The summed E-state index contributed by atoms with van der Waals surface area (Å²) in [5.41, 5.74) is 6.96. The van der Waals surface area contributed by atoms with E-state index in [0.29, 0.717) is 28.8 Å². The highest BCUT2D eigenvalue weighted by Crippen LogP contribution is 2.25. The average Bonchev–Trinajstić information content (AvgIpc) is 2.81. The Kier molecular flexibility index (Phi) is 3.84. The van der Waals surface area contributed by atoms with Crippen molar-refractivity contribution in [1.82, 2.24) is 10.1 Å². The monoisotopic (exact) mass is 267 g/mol. The summed E-state index contributed by atoms with van der Waals surface area (Å²) in [4.78, 5) is 4.28. The summed E-state index contributed by atoms with van der Waals surface area (Å²) in [6.45, 7) is 1.94. The van der Waals surface area contributed by atoms with E-state index >= 15 is 0 Å². The number of anilines is 1. The van der Waals surface area contributed by atoms with Gasteiger partial charge in [0.1, 0.15) is 0 Å². The molecular weight excluding hydrogens is 254 g/mol. The smallest absolute Gasteiger partial charge is 0.257 e. The summed E-state index contributed by atoms with van der Waals surface area (Å²) in [5, 5.41) is 4.40. The van der Waals surface area contributed by atoms with E-state index < -0.39 is 0 Å². The molecule has 6 heteroatoms. The molecule has 0 bridgehead atoms. The molecule has 0 saturated carbocycles. The van der Waals surface area contributed by atoms with Crippen LogP contribution in [0.1, 0.15) is 12.7 Å². The molecule has 18 heavy (non-hydrogen) atoms. The molecule has 0 radical (unpaired) electrons. The van der Waals surface area contributed by atoms with Gasteiger partial charge in [0.2, 0.25) is 0 Å². The van der Waals surface area contributed by atoms with Crippen molar-refractivity contribution in [3.05, 3.63) is 29.0 Å². The molecule has 2 rings (SSSR count). The molecule has 0 spiro atoms. The summed E-state index contributed by atoms with van der Waals surface area (Å²) >= 11 is 5.85. The molecule has 1 aromatic carbocycles. The lowest BCUT2D eigenvalue weighted by Gasteiger charge is -2.04. The molecule has 1 unspecified atom stereocenters. The zero-order chi connectivity index (χ0) is 13.1. The number of nitrogens with zero attached hydrogens (tertiary/aromatic N) is 2. The van der Waals surface area contributed by atoms with Gasteiger partial charge in [-0.2, -0.15) is 4.98 Å². The Labute approximate surface area is 110 Å². The van der Waals surface area contributed by atoms with E-state index in [-0.39, 0.29) is 6.10 Å². The quantitative estimate of drug-likeness (QED) is 0.862. The second kappa shape index (κ2) is 5.37. The van der Waals surface area contributed by atoms with Gasteiger partial charge >= 0.3 is 0 Å². The second-order valence-corrected chi connectivity index (χ2v) is 4.41. The molecule has 1 aromatic heterocycles. The van der Waals surface area contributed by atoms with Crippen LogP contribution in [0, 0.1) is 0 Å². The Bertz CT molecular complexity index is 542. The van der Waals surface area contributed by atoms with E-state index in [1.165, 1.54) is 0 Å². The van der Waals surface area contributed by atoms with Crippen LogP contribution in [0.15, 0.2) is 22.7 Å². The Balaban J connectivity index is 2.21. The first kappa shape index (κ1) is 12.9. The fraction of sp³-hybridized carbons (Fsp3) is 0.333. The van der Waals surface area contributed by atoms with Gasteiger partial charge in [-0.15, -0.1) is 0 Å². The molecule has 5 nitrogen and oxygen atoms in total. The first-order valence-electron chi connectivity index (χ1n) is 5.51. The van der Waals surface area contributed by atoms with Crippen LogP contribution in [-0.4, -0.2) is 23.4 Å². The van der Waals surface area contributed by atoms with Crippen LogP contribution >= 0.6 is 11.6 Å². The van der Waals surface area contributed by atoms with Crippen LogP contribution < -0.4 is 5.73 Å². The van der Waals surface area contributed by atoms with E-state index in [0.717, 1.165) is 5.56 Å². The minimum absolute atomic E-state index is 0.0470. The summed E-state index contributed by atoms with van der Waals surface area (Å²) in [7, 11) is 1.64. The predicted molar refractivity (Wildman–Crippen MR) is 69.3 cm³/mol. The molecule has 0 fully saturated rings. The first-order chi connectivity index (χ1) is 8.60. The van der Waals surface area contributed by atoms with E-state index in [1.54, 1.807) is 25.3 Å². The average molecular weight is 268 g/mol. The molecule has 2 N–H and O–H groups in total. The highest BCUT2D eigenvalue weighted by atomic mass is 35.5. The zero-order valence-corrected chi connectivity index (χ0v) is 10.9. The third-order valence-corrected chi connectivity index (χ3v) is 2.93. The Morgan fingerprint density at radius 2 is 2.28 bits per heavy atom. The second-order valence-electron chi connectivity index (χ2n) is 4.00. The van der Waals surface area contributed by atoms with Gasteiger partial charge in [-0.05, 0) is 25.1 Å². The molecule has 0 aliphatic heterocycles. The largest absolute Gasteiger partial charge is 0.398 e. The minimum Gasteiger partial charge on any atom is -0.398 e. The van der Waals surface area contributed by atoms with Crippen molar-refractivity contribution < 1.29 is 9.26 Å². The van der Waals surface area contributed by atoms with Gasteiger partial charge in [0, 0.05) is 19.1 Å². The van der Waals surface area contributed by atoms with Crippen molar-refractivity contribution in [2.75, 3.05) is 12.8 Å². The van der Waals surface area contributed by atoms with Crippen molar-refractivity contribution in [2.45, 2.75) is 19.4 Å². The number of methoxy groups -OCH3 is 1. The number of hydrogen-bond acceptors (Lipinski definition) is 5. The maximum Gasteiger partial charge on any atom is 0.257 e. The highest BCUT2D eigenvalue weighted by molar-refractivity contribution is 6.33. The first-order valence-corrected chi connectivity index (χ1v) is 5.88. The molecule has 0 saturated heterocycles. The van der Waals surface area contributed by atoms with Gasteiger partial charge in [-0.3, -0.25) is 0 Å². The third-order valence-electron chi connectivity index (χ3n) is 2.58. The molecule has 2 aromatic rings. The molecular formula is C12H14ClN3O2. The van der Waals surface area contributed by atoms with Crippen molar-refractivity contribution in [3.8, 4) is 11.5 Å². The van der Waals surface area contributed by atoms with Gasteiger partial charge in [0.25, 0.3) is 5.89 Å². The lowest BCUT2D eigenvalue weighted by atomic mass is 10.2. The number of rotatable bonds is 4. The van der Waals surface area contributed by atoms with Crippen LogP contribution in [0.5, 0.6) is 0 Å². The third kappa shape index (κ3) is 2.80. The lowest BCUT2D eigenvalue weighted by Crippen LogP contribution is -2.09. The van der Waals surface area contributed by atoms with Gasteiger partial charge in [-0.1, -0.05) is 16.8 Å². The molecule has 96 valence electrons. The summed E-state index contributed by atoms with van der Waals surface area (Å²) in [5.74, 6) is 1.03. The van der Waals surface area contributed by atoms with Gasteiger partial charge in [-0.25, -0.2) is 0 Å². The number of benzene rings is 1. The predicted octanol–water partition coefficient (Wildman–Crippen LogP) is 2.55. The van der Waals surface area contributed by atoms with E-state index in [1.807, 2.05) is 6.92 Å². The normalized spacial score (nSPS) is 12.6. The Hall–Kier alpha value is -1.59. The number of nitrogens with two attached hydrogens (primary N) is 1. The number of nitrogen functional groups attached to an aromatic ring is 1. The lowest BCUT2D eigenvalue weighted by molar-refractivity contribution is 0.116. The minimum atomic E-state index is 0.0470. The van der Waals surface area contributed by atoms with Crippen LogP contribution in [-0.2, 0) is 11.2 Å². The van der Waals surface area contributed by atoms with Crippen LogP contribution in [0.2, 0.25) is 5.02 Å². The number of aromatic nitrogens is 2. The van der Waals surface area contributed by atoms with Crippen LogP contribution in [0.25, 0.3) is 11.5 Å². The highest BCUT2D eigenvalue weighted by Gasteiger charge is 2.12. The maximum absolute atomic E-state index is 5.85. The topological polar surface area (TPSA) is 74.2 Å². The molecule has 0 amide bonds. The van der Waals surface area contributed by atoms with Gasteiger partial charge in [0.15, 0.2) is 5.82 Å². The van der Waals surface area contributed by atoms with E-state index in [9.17, 15) is 0 Å². The van der Waals surface area contributed by atoms with Crippen molar-refractivity contribution in [2.24, 2.45) is 0 Å². The SMILES string of the molecule is COC(C)Cc1noc(-c2ccc(Cl)c(N)c2)n1. The molecule has 1 heterocycles.